The second-order valence-corrected chi connectivity index (χ2v) is 6.31. The highest BCUT2D eigenvalue weighted by atomic mass is 35.5. The molecule has 1 N–H and O–H groups in total. The molecule has 0 atom stereocenters. The summed E-state index contributed by atoms with van der Waals surface area (Å²) in [6.45, 7) is 5.05. The number of hydrogen-bond donors (Lipinski definition) is 1. The first-order valence-corrected chi connectivity index (χ1v) is 8.53. The molecule has 2 aromatic rings. The van der Waals surface area contributed by atoms with Crippen LogP contribution in [0.3, 0.4) is 0 Å². The molecule has 0 bridgehead atoms. The summed E-state index contributed by atoms with van der Waals surface area (Å²) in [6, 6.07) is 14.3. The highest BCUT2D eigenvalue weighted by Crippen LogP contribution is 2.35. The van der Waals surface area contributed by atoms with Crippen LogP contribution in [0, 0.1) is 0 Å². The van der Waals surface area contributed by atoms with E-state index in [0.717, 1.165) is 22.8 Å². The number of ether oxygens (including phenoxy) is 1. The molecular weight excluding hydrogens is 302 g/mol. The number of thioether (sulfide) groups is 1. The van der Waals surface area contributed by atoms with E-state index in [1.807, 2.05) is 48.7 Å². The lowest BCUT2D eigenvalue weighted by Gasteiger charge is -2.13. The SMILES string of the molecule is CSc1ccccc1Oc1ccc(CNC(C)C)cc1Cl. The number of rotatable bonds is 6. The first-order chi connectivity index (χ1) is 10.1. The lowest BCUT2D eigenvalue weighted by atomic mass is 10.2. The first-order valence-electron chi connectivity index (χ1n) is 6.93. The van der Waals surface area contributed by atoms with Gasteiger partial charge in [0.2, 0.25) is 0 Å². The Balaban J connectivity index is 2.14. The minimum Gasteiger partial charge on any atom is -0.455 e. The summed E-state index contributed by atoms with van der Waals surface area (Å²) in [6.07, 6.45) is 2.03. The van der Waals surface area contributed by atoms with Gasteiger partial charge < -0.3 is 10.1 Å². The number of halogens is 1. The molecule has 0 aliphatic carbocycles. The molecule has 0 aromatic heterocycles. The fourth-order valence-electron chi connectivity index (χ4n) is 1.88. The van der Waals surface area contributed by atoms with Gasteiger partial charge >= 0.3 is 0 Å². The van der Waals surface area contributed by atoms with Crippen LogP contribution >= 0.6 is 23.4 Å². The monoisotopic (exact) mass is 321 g/mol. The Hall–Kier alpha value is -1.16. The molecule has 0 unspecified atom stereocenters. The van der Waals surface area contributed by atoms with Crippen LogP contribution in [-0.2, 0) is 6.54 Å². The molecule has 4 heteroatoms. The van der Waals surface area contributed by atoms with Crippen LogP contribution in [0.4, 0.5) is 0 Å². The Morgan fingerprint density at radius 2 is 1.90 bits per heavy atom. The second kappa shape index (κ2) is 7.74. The maximum atomic E-state index is 6.33. The van der Waals surface area contributed by atoms with Crippen molar-refractivity contribution < 1.29 is 4.74 Å². The smallest absolute Gasteiger partial charge is 0.146 e. The molecule has 0 saturated heterocycles. The molecule has 112 valence electrons. The molecule has 0 radical (unpaired) electrons. The third-order valence-corrected chi connectivity index (χ3v) is 4.07. The summed E-state index contributed by atoms with van der Waals surface area (Å²) in [4.78, 5) is 1.10. The van der Waals surface area contributed by atoms with E-state index in [2.05, 4.69) is 19.2 Å². The van der Waals surface area contributed by atoms with E-state index >= 15 is 0 Å². The molecule has 2 nitrogen and oxygen atoms in total. The van der Waals surface area contributed by atoms with E-state index in [1.165, 1.54) is 0 Å². The Morgan fingerprint density at radius 3 is 2.57 bits per heavy atom. The van der Waals surface area contributed by atoms with Crippen molar-refractivity contribution in [2.24, 2.45) is 0 Å². The van der Waals surface area contributed by atoms with Crippen LogP contribution in [0.25, 0.3) is 0 Å². The number of benzene rings is 2. The van der Waals surface area contributed by atoms with Gasteiger partial charge in [0.25, 0.3) is 0 Å². The summed E-state index contributed by atoms with van der Waals surface area (Å²) >= 11 is 7.99. The topological polar surface area (TPSA) is 21.3 Å². The van der Waals surface area contributed by atoms with Gasteiger partial charge in [0.15, 0.2) is 0 Å². The summed E-state index contributed by atoms with van der Waals surface area (Å²) in [5.74, 6) is 1.52. The molecule has 0 heterocycles. The molecule has 0 aliphatic rings. The number of hydrogen-bond acceptors (Lipinski definition) is 3. The van der Waals surface area contributed by atoms with Gasteiger partial charge in [-0.3, -0.25) is 0 Å². The Morgan fingerprint density at radius 1 is 1.14 bits per heavy atom. The molecule has 2 rings (SSSR count). The van der Waals surface area contributed by atoms with Crippen LogP contribution in [0.1, 0.15) is 19.4 Å². The zero-order valence-corrected chi connectivity index (χ0v) is 14.1. The maximum absolute atomic E-state index is 6.33. The van der Waals surface area contributed by atoms with Crippen molar-refractivity contribution in [1.82, 2.24) is 5.32 Å². The van der Waals surface area contributed by atoms with Crippen molar-refractivity contribution in [3.05, 3.63) is 53.1 Å². The predicted octanol–water partition coefficient (Wildman–Crippen LogP) is 5.35. The van der Waals surface area contributed by atoms with E-state index in [9.17, 15) is 0 Å². The Kier molecular flexibility index (Phi) is 5.97. The normalized spacial score (nSPS) is 10.9. The highest BCUT2D eigenvalue weighted by molar-refractivity contribution is 7.98. The van der Waals surface area contributed by atoms with Crippen molar-refractivity contribution in [2.45, 2.75) is 31.3 Å². The summed E-state index contributed by atoms with van der Waals surface area (Å²) in [5.41, 5.74) is 1.15. The van der Waals surface area contributed by atoms with Crippen LogP contribution in [0.15, 0.2) is 47.4 Å². The van der Waals surface area contributed by atoms with Crippen molar-refractivity contribution in [3.8, 4) is 11.5 Å². The molecular formula is C17H20ClNOS. The fourth-order valence-corrected chi connectivity index (χ4v) is 2.65. The van der Waals surface area contributed by atoms with E-state index in [4.69, 9.17) is 16.3 Å². The fraction of sp³-hybridized carbons (Fsp3) is 0.294. The van der Waals surface area contributed by atoms with Gasteiger partial charge in [0.1, 0.15) is 11.5 Å². The van der Waals surface area contributed by atoms with Crippen LogP contribution in [0.2, 0.25) is 5.02 Å². The van der Waals surface area contributed by atoms with E-state index in [-0.39, 0.29) is 0 Å². The molecule has 0 saturated carbocycles. The van der Waals surface area contributed by atoms with Gasteiger partial charge in [0, 0.05) is 17.5 Å². The van der Waals surface area contributed by atoms with Crippen LogP contribution < -0.4 is 10.1 Å². The molecule has 0 amide bonds. The van der Waals surface area contributed by atoms with Crippen molar-refractivity contribution in [2.75, 3.05) is 6.26 Å². The van der Waals surface area contributed by atoms with E-state index in [0.29, 0.717) is 16.8 Å². The van der Waals surface area contributed by atoms with Gasteiger partial charge in [-0.05, 0) is 36.1 Å². The van der Waals surface area contributed by atoms with E-state index < -0.39 is 0 Å². The van der Waals surface area contributed by atoms with Crippen LogP contribution in [0.5, 0.6) is 11.5 Å². The minimum absolute atomic E-state index is 0.452. The standard InChI is InChI=1S/C17H20ClNOS/c1-12(2)19-11-13-8-9-15(14(18)10-13)20-16-6-4-5-7-17(16)21-3/h4-10,12,19H,11H2,1-3H3. The first kappa shape index (κ1) is 16.2. The molecule has 2 aromatic carbocycles. The molecule has 0 spiro atoms. The zero-order chi connectivity index (χ0) is 15.2. The van der Waals surface area contributed by atoms with Gasteiger partial charge in [-0.15, -0.1) is 11.8 Å². The highest BCUT2D eigenvalue weighted by Gasteiger charge is 2.08. The Labute approximate surface area is 135 Å². The summed E-state index contributed by atoms with van der Waals surface area (Å²) in [7, 11) is 0. The van der Waals surface area contributed by atoms with Gasteiger partial charge in [-0.25, -0.2) is 0 Å². The van der Waals surface area contributed by atoms with Crippen molar-refractivity contribution in [1.29, 1.82) is 0 Å². The molecule has 21 heavy (non-hydrogen) atoms. The summed E-state index contributed by atoms with van der Waals surface area (Å²) in [5, 5.41) is 4.01. The average molecular weight is 322 g/mol. The van der Waals surface area contributed by atoms with Gasteiger partial charge in [0.05, 0.1) is 5.02 Å². The minimum atomic E-state index is 0.452. The predicted molar refractivity (Wildman–Crippen MR) is 91.7 cm³/mol. The summed E-state index contributed by atoms with van der Waals surface area (Å²) < 4.78 is 5.94. The van der Waals surface area contributed by atoms with Crippen molar-refractivity contribution in [3.63, 3.8) is 0 Å². The van der Waals surface area contributed by atoms with E-state index in [1.54, 1.807) is 11.8 Å². The molecule has 0 aliphatic heterocycles. The van der Waals surface area contributed by atoms with Crippen LogP contribution in [-0.4, -0.2) is 12.3 Å². The third-order valence-electron chi connectivity index (χ3n) is 3.00. The Bertz CT molecular complexity index is 601. The van der Waals surface area contributed by atoms with Gasteiger partial charge in [-0.2, -0.15) is 0 Å². The average Bonchev–Trinajstić information content (AvgIpc) is 2.48. The second-order valence-electron chi connectivity index (χ2n) is 5.05. The third kappa shape index (κ3) is 4.67. The molecule has 0 fully saturated rings. The zero-order valence-electron chi connectivity index (χ0n) is 12.5. The van der Waals surface area contributed by atoms with Gasteiger partial charge in [-0.1, -0.05) is 43.6 Å². The lowest BCUT2D eigenvalue weighted by Crippen LogP contribution is -2.21. The van der Waals surface area contributed by atoms with Crippen molar-refractivity contribution >= 4 is 23.4 Å². The maximum Gasteiger partial charge on any atom is 0.146 e. The number of para-hydroxylation sites is 1. The lowest BCUT2D eigenvalue weighted by molar-refractivity contribution is 0.471. The number of nitrogens with one attached hydrogen (secondary N) is 1. The largest absolute Gasteiger partial charge is 0.455 e. The quantitative estimate of drug-likeness (QED) is 0.724.